The fourth-order valence-corrected chi connectivity index (χ4v) is 12.0. The van der Waals surface area contributed by atoms with Crippen molar-refractivity contribution < 1.29 is 0 Å². The van der Waals surface area contributed by atoms with Crippen molar-refractivity contribution in [2.45, 2.75) is 70.8 Å². The first-order valence-electron chi connectivity index (χ1n) is 22.8. The second kappa shape index (κ2) is 13.6. The van der Waals surface area contributed by atoms with Crippen LogP contribution in [0.1, 0.15) is 68.9 Å². The average molecular weight is 814 g/mol. The van der Waals surface area contributed by atoms with Crippen LogP contribution in [-0.4, -0.2) is 6.71 Å². The first kappa shape index (κ1) is 37.9. The zero-order valence-corrected chi connectivity index (χ0v) is 37.2. The van der Waals surface area contributed by atoms with Crippen LogP contribution < -0.4 is 31.1 Å². The van der Waals surface area contributed by atoms with Gasteiger partial charge in [0.05, 0.1) is 5.54 Å². The molecule has 0 amide bonds. The average Bonchev–Trinajstić information content (AvgIpc) is 3.51. The molecule has 3 nitrogen and oxygen atoms in total. The molecule has 0 spiro atoms. The molecule has 0 saturated carbocycles. The van der Waals surface area contributed by atoms with Gasteiger partial charge in [-0.2, -0.15) is 0 Å². The quantitative estimate of drug-likeness (QED) is 0.164. The van der Waals surface area contributed by atoms with E-state index >= 15 is 0 Å². The second-order valence-corrected chi connectivity index (χ2v) is 19.7. The van der Waals surface area contributed by atoms with Gasteiger partial charge >= 0.3 is 0 Å². The van der Waals surface area contributed by atoms with Gasteiger partial charge in [-0.05, 0) is 154 Å². The van der Waals surface area contributed by atoms with Gasteiger partial charge in [0.1, 0.15) is 0 Å². The first-order chi connectivity index (χ1) is 30.5. The molecule has 3 heterocycles. The zero-order valence-electron chi connectivity index (χ0n) is 37.2. The molecular weight excluding hydrogens is 761 g/mol. The van der Waals surface area contributed by atoms with E-state index in [0.29, 0.717) is 0 Å². The maximum Gasteiger partial charge on any atom is 0.252 e. The number of para-hydroxylation sites is 2. The minimum absolute atomic E-state index is 0.0426. The van der Waals surface area contributed by atoms with Crippen molar-refractivity contribution >= 4 is 68.6 Å². The molecule has 0 fully saturated rings. The van der Waals surface area contributed by atoms with Crippen molar-refractivity contribution in [1.82, 2.24) is 0 Å². The molecule has 0 bridgehead atoms. The molecule has 4 heteroatoms. The topological polar surface area (TPSA) is 9.72 Å². The molecule has 0 N–H and O–H groups in total. The predicted octanol–water partition coefficient (Wildman–Crippen LogP) is 13.3. The van der Waals surface area contributed by atoms with E-state index in [4.69, 9.17) is 0 Å². The van der Waals surface area contributed by atoms with Crippen LogP contribution in [0.3, 0.4) is 0 Å². The summed E-state index contributed by atoms with van der Waals surface area (Å²) in [5.41, 5.74) is 22.8. The summed E-state index contributed by atoms with van der Waals surface area (Å²) in [6.45, 7) is 14.3. The van der Waals surface area contributed by atoms with Crippen molar-refractivity contribution in [1.29, 1.82) is 0 Å². The highest BCUT2D eigenvalue weighted by Gasteiger charge is 2.60. The van der Waals surface area contributed by atoms with E-state index in [1.54, 1.807) is 0 Å². The summed E-state index contributed by atoms with van der Waals surface area (Å²) in [7, 11) is 0. The Kier molecular flexibility index (Phi) is 8.20. The first-order valence-corrected chi connectivity index (χ1v) is 22.8. The molecule has 306 valence electrons. The molecular formula is C59H52BN3. The smallest absolute Gasteiger partial charge is 0.252 e. The number of benzene rings is 8. The van der Waals surface area contributed by atoms with E-state index < -0.39 is 0 Å². The summed E-state index contributed by atoms with van der Waals surface area (Å²) < 4.78 is 0. The van der Waals surface area contributed by atoms with E-state index in [1.807, 2.05) is 0 Å². The van der Waals surface area contributed by atoms with Gasteiger partial charge in [0.25, 0.3) is 6.71 Å². The Labute approximate surface area is 373 Å². The molecule has 2 atom stereocenters. The third-order valence-electron chi connectivity index (χ3n) is 15.3. The lowest BCUT2D eigenvalue weighted by Crippen LogP contribution is -2.61. The molecule has 0 radical (unpaired) electrons. The standard InChI is InChI=1S/C59H52BN3/c1-39-35-54-56-55(36-39)62(45-28-26-43(27-29-45)57(2,3)4)53-38-46(30-31-50(53)60(56)49-23-15-16-24-52(49)61(54)44-20-11-8-12-21-44)63-51-32-25-42(40-17-9-7-10-18-40)37-48(51)58(5)34-33-41-19-13-14-22-47(41)59(58,63)6/h7-32,35-38H,33-34H2,1-6H3. The molecule has 0 saturated heterocycles. The lowest BCUT2D eigenvalue weighted by atomic mass is 9.33. The van der Waals surface area contributed by atoms with Crippen molar-refractivity contribution in [2.75, 3.05) is 14.7 Å². The SMILES string of the molecule is Cc1cc2c3c(c1)N(c1ccc(C(C)(C)C)cc1)c1cc(N4c5ccc(-c6ccccc6)cc5C5(C)CCc6ccccc6C45C)ccc1B3c1ccccc1N2c1ccccc1. The van der Waals surface area contributed by atoms with Crippen LogP contribution in [0.25, 0.3) is 11.1 Å². The van der Waals surface area contributed by atoms with E-state index in [0.717, 1.165) is 12.8 Å². The van der Waals surface area contributed by atoms with Gasteiger partial charge in [0, 0.05) is 50.9 Å². The van der Waals surface area contributed by atoms with Crippen LogP contribution >= 0.6 is 0 Å². The Morgan fingerprint density at radius 1 is 0.492 bits per heavy atom. The number of rotatable bonds is 4. The minimum atomic E-state index is -0.336. The third kappa shape index (κ3) is 5.40. The predicted molar refractivity (Wildman–Crippen MR) is 267 cm³/mol. The van der Waals surface area contributed by atoms with Gasteiger partial charge in [0.15, 0.2) is 0 Å². The Bertz CT molecular complexity index is 3110. The number of anilines is 8. The molecule has 1 aliphatic carbocycles. The van der Waals surface area contributed by atoms with Crippen LogP contribution in [-0.2, 0) is 22.8 Å². The Morgan fingerprint density at radius 2 is 1.11 bits per heavy atom. The van der Waals surface area contributed by atoms with Gasteiger partial charge in [-0.15, -0.1) is 0 Å². The molecule has 8 aromatic rings. The van der Waals surface area contributed by atoms with Crippen LogP contribution in [0.5, 0.6) is 0 Å². The maximum atomic E-state index is 2.72. The molecule has 8 aromatic carbocycles. The Hall–Kier alpha value is -6.78. The summed E-state index contributed by atoms with van der Waals surface area (Å²) in [5.74, 6) is 0. The third-order valence-corrected chi connectivity index (χ3v) is 15.3. The molecule has 2 unspecified atom stereocenters. The Balaban J connectivity index is 1.12. The maximum absolute atomic E-state index is 2.72. The van der Waals surface area contributed by atoms with Crippen LogP contribution in [0.2, 0.25) is 0 Å². The van der Waals surface area contributed by atoms with Gasteiger partial charge in [-0.3, -0.25) is 0 Å². The van der Waals surface area contributed by atoms with Crippen molar-refractivity contribution in [3.63, 3.8) is 0 Å². The normalized spacial score (nSPS) is 19.1. The molecule has 63 heavy (non-hydrogen) atoms. The lowest BCUT2D eigenvalue weighted by molar-refractivity contribution is 0.245. The van der Waals surface area contributed by atoms with Crippen molar-refractivity contribution in [3.05, 3.63) is 210 Å². The second-order valence-electron chi connectivity index (χ2n) is 19.7. The van der Waals surface area contributed by atoms with E-state index in [1.165, 1.54) is 101 Å². The van der Waals surface area contributed by atoms with E-state index in [2.05, 4.69) is 238 Å². The van der Waals surface area contributed by atoms with Crippen molar-refractivity contribution in [2.24, 2.45) is 0 Å². The highest BCUT2D eigenvalue weighted by Crippen LogP contribution is 2.64. The molecule has 0 aromatic heterocycles. The van der Waals surface area contributed by atoms with Gasteiger partial charge < -0.3 is 14.7 Å². The fraction of sp³-hybridized carbons (Fsp3) is 0.186. The molecule has 3 aliphatic heterocycles. The lowest BCUT2D eigenvalue weighted by Gasteiger charge is -2.51. The Morgan fingerprint density at radius 3 is 1.86 bits per heavy atom. The molecule has 4 aliphatic rings. The highest BCUT2D eigenvalue weighted by atomic mass is 15.3. The number of hydrogen-bond acceptors (Lipinski definition) is 3. The van der Waals surface area contributed by atoms with Crippen molar-refractivity contribution in [3.8, 4) is 11.1 Å². The number of fused-ring (bicyclic) bond motifs is 9. The van der Waals surface area contributed by atoms with Gasteiger partial charge in [-0.1, -0.05) is 143 Å². The summed E-state index contributed by atoms with van der Waals surface area (Å²) >= 11 is 0. The fourth-order valence-electron chi connectivity index (χ4n) is 12.0. The van der Waals surface area contributed by atoms with E-state index in [-0.39, 0.29) is 23.1 Å². The number of hydrogen-bond donors (Lipinski definition) is 0. The number of aryl methyl sites for hydroxylation is 2. The van der Waals surface area contributed by atoms with E-state index in [9.17, 15) is 0 Å². The summed E-state index contributed by atoms with van der Waals surface area (Å²) in [6.07, 6.45) is 2.14. The zero-order chi connectivity index (χ0) is 42.8. The monoisotopic (exact) mass is 813 g/mol. The van der Waals surface area contributed by atoms with Gasteiger partial charge in [0.2, 0.25) is 0 Å². The molecule has 12 rings (SSSR count). The number of nitrogens with zero attached hydrogens (tertiary/aromatic N) is 3. The summed E-state index contributed by atoms with van der Waals surface area (Å²) in [5, 5.41) is 0. The van der Waals surface area contributed by atoms with Crippen LogP contribution in [0.4, 0.5) is 45.5 Å². The van der Waals surface area contributed by atoms with Gasteiger partial charge in [-0.25, -0.2) is 0 Å². The van der Waals surface area contributed by atoms with Crippen LogP contribution in [0, 0.1) is 6.92 Å². The minimum Gasteiger partial charge on any atom is -0.330 e. The summed E-state index contributed by atoms with van der Waals surface area (Å²) in [6, 6.07) is 69.1. The van der Waals surface area contributed by atoms with Crippen LogP contribution in [0.15, 0.2) is 182 Å². The summed E-state index contributed by atoms with van der Waals surface area (Å²) in [4.78, 5) is 7.79. The largest absolute Gasteiger partial charge is 0.330 e. The highest BCUT2D eigenvalue weighted by molar-refractivity contribution is 7.00.